The van der Waals surface area contributed by atoms with E-state index in [4.69, 9.17) is 30.4 Å². The number of aliphatic hydroxyl groups is 2. The fourth-order valence-electron chi connectivity index (χ4n) is 4.11. The zero-order valence-electron chi connectivity index (χ0n) is 23.0. The Hall–Kier alpha value is -3.02. The Morgan fingerprint density at radius 3 is 2.55 bits per heavy atom. The van der Waals surface area contributed by atoms with E-state index in [1.165, 1.54) is 6.07 Å². The van der Waals surface area contributed by atoms with E-state index >= 15 is 0 Å². The Labute approximate surface area is 239 Å². The molecule has 0 radical (unpaired) electrons. The Kier molecular flexibility index (Phi) is 13.3. The highest BCUT2D eigenvalue weighted by molar-refractivity contribution is 6.32. The molecule has 0 aliphatic carbocycles. The lowest BCUT2D eigenvalue weighted by atomic mass is 10.1. The van der Waals surface area contributed by atoms with Gasteiger partial charge >= 0.3 is 0 Å². The van der Waals surface area contributed by atoms with E-state index in [9.17, 15) is 15.0 Å². The average molecular weight is 576 g/mol. The quantitative estimate of drug-likeness (QED) is 0.120. The monoisotopic (exact) mass is 575 g/mol. The largest absolute Gasteiger partial charge is 0.488 e. The lowest BCUT2D eigenvalue weighted by molar-refractivity contribution is -0.0168. The van der Waals surface area contributed by atoms with Gasteiger partial charge in [-0.15, -0.1) is 0 Å². The number of hydrogen-bond donors (Lipinski definition) is 2. The molecule has 0 saturated heterocycles. The summed E-state index contributed by atoms with van der Waals surface area (Å²) in [7, 11) is 0. The van der Waals surface area contributed by atoms with Gasteiger partial charge in [0, 0.05) is 38.7 Å². The van der Waals surface area contributed by atoms with Crippen LogP contribution in [-0.2, 0) is 11.3 Å². The number of allylic oxidation sites excluding steroid dienone is 1. The molecule has 218 valence electrons. The summed E-state index contributed by atoms with van der Waals surface area (Å²) < 4.78 is 23.2. The maximum atomic E-state index is 11.8. The fraction of sp³-hybridized carbons (Fsp3) is 0.483. The first-order valence-corrected chi connectivity index (χ1v) is 13.9. The number of halogens is 1. The molecule has 3 rings (SSSR count). The van der Waals surface area contributed by atoms with E-state index < -0.39 is 0 Å². The van der Waals surface area contributed by atoms with Crippen molar-refractivity contribution in [3.63, 3.8) is 0 Å². The second kappa shape index (κ2) is 16.9. The minimum Gasteiger partial charge on any atom is -0.488 e. The molecule has 3 aromatic rings. The van der Waals surface area contributed by atoms with E-state index in [-0.39, 0.29) is 32.0 Å². The van der Waals surface area contributed by atoms with Crippen molar-refractivity contribution in [1.82, 2.24) is 15.2 Å². The lowest BCUT2D eigenvalue weighted by Crippen LogP contribution is -2.34. The molecule has 11 heteroatoms. The van der Waals surface area contributed by atoms with Crippen LogP contribution in [0.4, 0.5) is 0 Å². The molecule has 1 heterocycles. The highest BCUT2D eigenvalue weighted by Gasteiger charge is 2.22. The molecule has 0 spiro atoms. The molecule has 0 amide bonds. The molecule has 1 aromatic heterocycles. The zero-order valence-corrected chi connectivity index (χ0v) is 23.8. The van der Waals surface area contributed by atoms with Gasteiger partial charge in [-0.25, -0.2) is 4.63 Å². The normalized spacial score (nSPS) is 13.2. The van der Waals surface area contributed by atoms with Crippen LogP contribution < -0.4 is 9.47 Å². The minimum atomic E-state index is -0.344. The number of nitrogens with zero attached hydrogens (tertiary/aromatic N) is 3. The van der Waals surface area contributed by atoms with Crippen LogP contribution >= 0.6 is 11.6 Å². The van der Waals surface area contributed by atoms with E-state index in [0.29, 0.717) is 72.1 Å². The molecule has 40 heavy (non-hydrogen) atoms. The number of hydrogen-bond acceptors (Lipinski definition) is 10. The summed E-state index contributed by atoms with van der Waals surface area (Å²) in [5, 5.41) is 26.3. The van der Waals surface area contributed by atoms with Crippen LogP contribution in [-0.4, -0.2) is 83.4 Å². The highest BCUT2D eigenvalue weighted by Crippen LogP contribution is 2.34. The summed E-state index contributed by atoms with van der Waals surface area (Å²) in [5.74, 6) is 0.734. The first-order valence-electron chi connectivity index (χ1n) is 13.5. The van der Waals surface area contributed by atoms with Gasteiger partial charge in [-0.1, -0.05) is 36.7 Å². The van der Waals surface area contributed by atoms with Crippen molar-refractivity contribution in [2.75, 3.05) is 39.5 Å². The second-order valence-corrected chi connectivity index (χ2v) is 9.71. The van der Waals surface area contributed by atoms with Gasteiger partial charge in [-0.3, -0.25) is 9.69 Å². The van der Waals surface area contributed by atoms with E-state index in [2.05, 4.69) is 29.4 Å². The molecule has 2 aromatic carbocycles. The topological polar surface area (TPSA) is 127 Å². The molecule has 0 saturated carbocycles. The number of benzene rings is 2. The molecule has 0 aliphatic rings. The first-order chi connectivity index (χ1) is 19.5. The number of rotatable bonds is 19. The molecule has 2 unspecified atom stereocenters. The summed E-state index contributed by atoms with van der Waals surface area (Å²) >= 11 is 6.51. The molecule has 2 atom stereocenters. The van der Waals surface area contributed by atoms with Gasteiger partial charge in [-0.05, 0) is 53.8 Å². The van der Waals surface area contributed by atoms with Gasteiger partial charge in [0.05, 0.1) is 29.9 Å². The van der Waals surface area contributed by atoms with Gasteiger partial charge in [0.15, 0.2) is 6.29 Å². The van der Waals surface area contributed by atoms with Crippen LogP contribution in [0.2, 0.25) is 5.02 Å². The third kappa shape index (κ3) is 9.57. The number of ether oxygens (including phenoxy) is 3. The maximum Gasteiger partial charge on any atom is 0.153 e. The number of aldehydes is 1. The number of carbonyl (C=O) groups is 1. The van der Waals surface area contributed by atoms with Crippen LogP contribution in [0.25, 0.3) is 11.0 Å². The SMILES string of the molecule is CC/C=C\CC(Oc1cc(OCc2ccc3nonc3c2)c(C=O)cc1Cl)C(C)OCCCN(CCO)CCO. The highest BCUT2D eigenvalue weighted by atomic mass is 35.5. The smallest absolute Gasteiger partial charge is 0.153 e. The van der Waals surface area contributed by atoms with Crippen molar-refractivity contribution in [3.05, 3.63) is 58.6 Å². The number of fused-ring (bicyclic) bond motifs is 1. The van der Waals surface area contributed by atoms with Gasteiger partial charge in [0.2, 0.25) is 0 Å². The maximum absolute atomic E-state index is 11.8. The van der Waals surface area contributed by atoms with Gasteiger partial charge in [0.25, 0.3) is 0 Å². The van der Waals surface area contributed by atoms with Crippen LogP contribution in [0.5, 0.6) is 11.5 Å². The Morgan fingerprint density at radius 1 is 1.05 bits per heavy atom. The van der Waals surface area contributed by atoms with Crippen molar-refractivity contribution in [1.29, 1.82) is 0 Å². The molecule has 0 bridgehead atoms. The van der Waals surface area contributed by atoms with Gasteiger partial charge < -0.3 is 24.4 Å². The third-order valence-corrected chi connectivity index (χ3v) is 6.60. The first kappa shape index (κ1) is 31.5. The van der Waals surface area contributed by atoms with Crippen molar-refractivity contribution in [3.8, 4) is 11.5 Å². The third-order valence-electron chi connectivity index (χ3n) is 6.31. The Balaban J connectivity index is 1.68. The Morgan fingerprint density at radius 2 is 1.82 bits per heavy atom. The van der Waals surface area contributed by atoms with Crippen LogP contribution in [0.15, 0.2) is 47.1 Å². The van der Waals surface area contributed by atoms with Crippen molar-refractivity contribution < 1.29 is 33.8 Å². The van der Waals surface area contributed by atoms with Crippen molar-refractivity contribution in [2.45, 2.75) is 51.9 Å². The molecular weight excluding hydrogens is 538 g/mol. The minimum absolute atomic E-state index is 0.0423. The predicted octanol–water partition coefficient (Wildman–Crippen LogP) is 4.45. The van der Waals surface area contributed by atoms with E-state index in [0.717, 1.165) is 18.4 Å². The zero-order chi connectivity index (χ0) is 28.7. The lowest BCUT2D eigenvalue weighted by Gasteiger charge is -2.26. The number of aliphatic hydroxyl groups excluding tert-OH is 2. The van der Waals surface area contributed by atoms with Crippen LogP contribution in [0.1, 0.15) is 49.0 Å². The molecule has 10 nitrogen and oxygen atoms in total. The number of aromatic nitrogens is 2. The standard InChI is InChI=1S/C29H38ClN3O7/c1-3-4-5-7-27(21(2)37-15-6-10-33(11-13-34)12-14-35)39-29-18-28(23(19-36)17-24(29)30)38-20-22-8-9-25-26(16-22)32-40-31-25/h4-5,8-9,16-19,21,27,34-35H,3,6-7,10-15,20H2,1-2H3/b5-4-. The number of carbonyl (C=O) groups excluding carboxylic acids is 1. The fourth-order valence-corrected chi connectivity index (χ4v) is 4.33. The van der Waals surface area contributed by atoms with E-state index in [1.807, 2.05) is 24.0 Å². The molecule has 0 fully saturated rings. The van der Waals surface area contributed by atoms with E-state index in [1.54, 1.807) is 12.1 Å². The summed E-state index contributed by atoms with van der Waals surface area (Å²) in [6.45, 7) is 6.50. The summed E-state index contributed by atoms with van der Waals surface area (Å²) in [6.07, 6.45) is 6.44. The average Bonchev–Trinajstić information content (AvgIpc) is 3.43. The summed E-state index contributed by atoms with van der Waals surface area (Å²) in [5.41, 5.74) is 2.40. The predicted molar refractivity (Wildman–Crippen MR) is 152 cm³/mol. The van der Waals surface area contributed by atoms with Crippen molar-refractivity contribution >= 4 is 28.9 Å². The summed E-state index contributed by atoms with van der Waals surface area (Å²) in [4.78, 5) is 13.7. The Bertz CT molecular complexity index is 1210. The van der Waals surface area contributed by atoms with Gasteiger partial charge in [-0.2, -0.15) is 0 Å². The van der Waals surface area contributed by atoms with Crippen LogP contribution in [0, 0.1) is 0 Å². The van der Waals surface area contributed by atoms with Gasteiger partial charge in [0.1, 0.15) is 35.2 Å². The van der Waals surface area contributed by atoms with Crippen molar-refractivity contribution in [2.24, 2.45) is 0 Å². The summed E-state index contributed by atoms with van der Waals surface area (Å²) in [6, 6.07) is 8.61. The second-order valence-electron chi connectivity index (χ2n) is 9.30. The van der Waals surface area contributed by atoms with Crippen LogP contribution in [0.3, 0.4) is 0 Å². The molecular formula is C29H38ClN3O7. The molecule has 0 aliphatic heterocycles. The molecule has 2 N–H and O–H groups in total.